The number of rotatable bonds is 2. The number of benzene rings is 1. The van der Waals surface area contributed by atoms with Crippen molar-refractivity contribution in [1.29, 1.82) is 0 Å². The highest BCUT2D eigenvalue weighted by molar-refractivity contribution is 6.49. The highest BCUT2D eigenvalue weighted by atomic mass is 19.1. The third kappa shape index (κ3) is 1.49. The number of amides is 1. The Balaban J connectivity index is 1.99. The molecular weight excluding hydrogens is 285 g/mol. The fourth-order valence-electron chi connectivity index (χ4n) is 4.04. The van der Waals surface area contributed by atoms with Crippen molar-refractivity contribution in [3.05, 3.63) is 30.1 Å². The molecule has 1 aromatic rings. The Labute approximate surface area is 128 Å². The van der Waals surface area contributed by atoms with Crippen LogP contribution in [0.2, 0.25) is 0 Å². The summed E-state index contributed by atoms with van der Waals surface area (Å²) in [6.07, 6.45) is 0.898. The van der Waals surface area contributed by atoms with Crippen molar-refractivity contribution in [2.24, 2.45) is 16.2 Å². The molecule has 2 bridgehead atoms. The Morgan fingerprint density at radius 1 is 1.05 bits per heavy atom. The summed E-state index contributed by atoms with van der Waals surface area (Å²) in [5, 5.41) is 2.67. The minimum Gasteiger partial charge on any atom is -0.325 e. The van der Waals surface area contributed by atoms with Gasteiger partial charge in [-0.15, -0.1) is 0 Å². The van der Waals surface area contributed by atoms with E-state index >= 15 is 0 Å². The van der Waals surface area contributed by atoms with Gasteiger partial charge in [0.2, 0.25) is 17.5 Å². The molecule has 0 spiro atoms. The summed E-state index contributed by atoms with van der Waals surface area (Å²) < 4.78 is 12.9. The van der Waals surface area contributed by atoms with Crippen LogP contribution in [0.1, 0.15) is 33.6 Å². The van der Waals surface area contributed by atoms with Crippen LogP contribution in [0.15, 0.2) is 24.3 Å². The van der Waals surface area contributed by atoms with Gasteiger partial charge in [-0.2, -0.15) is 0 Å². The van der Waals surface area contributed by atoms with Crippen molar-refractivity contribution >= 4 is 23.2 Å². The smallest absolute Gasteiger partial charge is 0.239 e. The maximum atomic E-state index is 12.9. The molecule has 5 heteroatoms. The van der Waals surface area contributed by atoms with E-state index in [2.05, 4.69) is 5.32 Å². The minimum atomic E-state index is -1.33. The minimum absolute atomic E-state index is 0.369. The molecule has 0 aliphatic heterocycles. The van der Waals surface area contributed by atoms with Crippen LogP contribution in [0.5, 0.6) is 0 Å². The van der Waals surface area contributed by atoms with Crippen molar-refractivity contribution in [1.82, 2.24) is 0 Å². The third-order valence-corrected chi connectivity index (χ3v) is 6.03. The number of Topliss-reactive ketones (excluding diaryl/α,β-unsaturated/α-hetero) is 2. The van der Waals surface area contributed by atoms with Gasteiger partial charge in [-0.3, -0.25) is 14.4 Å². The molecule has 2 atom stereocenters. The van der Waals surface area contributed by atoms with Crippen LogP contribution >= 0.6 is 0 Å². The summed E-state index contributed by atoms with van der Waals surface area (Å²) in [5.74, 6) is -1.91. The number of carbonyl (C=O) groups excluding carboxylic acids is 3. The molecule has 3 rings (SSSR count). The molecule has 1 amide bonds. The largest absolute Gasteiger partial charge is 0.325 e. The predicted octanol–water partition coefficient (Wildman–Crippen LogP) is 2.73. The summed E-state index contributed by atoms with van der Waals surface area (Å²) >= 11 is 0. The van der Waals surface area contributed by atoms with Crippen LogP contribution in [0.3, 0.4) is 0 Å². The average molecular weight is 303 g/mol. The second-order valence-corrected chi connectivity index (χ2v) is 6.98. The SMILES string of the molecule is CC1(C)[C@@]2(C(=O)Nc3ccc(F)cc3)CC[C@]1(C)C(=O)C2=O. The molecule has 1 N–H and O–H groups in total. The Morgan fingerprint density at radius 2 is 1.64 bits per heavy atom. The molecule has 0 unspecified atom stereocenters. The second-order valence-electron chi connectivity index (χ2n) is 6.98. The third-order valence-electron chi connectivity index (χ3n) is 6.03. The number of carbonyl (C=O) groups is 3. The standard InChI is InChI=1S/C17H18FNO3/c1-15(2)16(3)8-9-17(15,13(21)12(16)20)14(22)19-11-6-4-10(18)5-7-11/h4-7H,8-9H2,1-3H3,(H,19,22)/t16-,17+/m1/s1. The normalized spacial score (nSPS) is 32.4. The van der Waals surface area contributed by atoms with E-state index in [0.717, 1.165) is 0 Å². The number of hydrogen-bond acceptors (Lipinski definition) is 3. The van der Waals surface area contributed by atoms with Gasteiger partial charge in [0.25, 0.3) is 0 Å². The summed E-state index contributed by atoms with van der Waals surface area (Å²) in [4.78, 5) is 37.7. The molecule has 2 aliphatic rings. The first-order valence-corrected chi connectivity index (χ1v) is 7.33. The molecule has 0 aromatic heterocycles. The first-order chi connectivity index (χ1) is 10.2. The van der Waals surface area contributed by atoms with E-state index in [1.54, 1.807) is 6.92 Å². The van der Waals surface area contributed by atoms with Crippen molar-refractivity contribution in [2.75, 3.05) is 5.32 Å². The van der Waals surface area contributed by atoms with Gasteiger partial charge in [0, 0.05) is 11.1 Å². The first-order valence-electron chi connectivity index (χ1n) is 7.33. The zero-order chi connectivity index (χ0) is 16.3. The molecule has 4 nitrogen and oxygen atoms in total. The summed E-state index contributed by atoms with van der Waals surface area (Å²) in [6.45, 7) is 5.40. The van der Waals surface area contributed by atoms with Crippen molar-refractivity contribution in [2.45, 2.75) is 33.6 Å². The predicted molar refractivity (Wildman–Crippen MR) is 78.6 cm³/mol. The van der Waals surface area contributed by atoms with E-state index in [1.165, 1.54) is 24.3 Å². The van der Waals surface area contributed by atoms with Gasteiger partial charge in [-0.25, -0.2) is 4.39 Å². The molecule has 2 saturated carbocycles. The lowest BCUT2D eigenvalue weighted by Crippen LogP contribution is -2.47. The van der Waals surface area contributed by atoms with Gasteiger partial charge in [-0.05, 0) is 42.5 Å². The Hall–Kier alpha value is -2.04. The molecule has 2 fully saturated rings. The molecule has 22 heavy (non-hydrogen) atoms. The second kappa shape index (κ2) is 4.24. The van der Waals surface area contributed by atoms with Crippen LogP contribution < -0.4 is 5.32 Å². The molecule has 0 heterocycles. The molecular formula is C17H18FNO3. The molecule has 2 aliphatic carbocycles. The molecule has 1 aromatic carbocycles. The van der Waals surface area contributed by atoms with Gasteiger partial charge in [0.15, 0.2) is 0 Å². The number of halogens is 1. The zero-order valence-corrected chi connectivity index (χ0v) is 12.8. The maximum Gasteiger partial charge on any atom is 0.239 e. The first kappa shape index (κ1) is 14.9. The summed E-state index contributed by atoms with van der Waals surface area (Å²) in [7, 11) is 0. The average Bonchev–Trinajstić information content (AvgIpc) is 2.74. The van der Waals surface area contributed by atoms with Crippen LogP contribution in [0.25, 0.3) is 0 Å². The summed E-state index contributed by atoms with van der Waals surface area (Å²) in [6, 6.07) is 5.34. The van der Waals surface area contributed by atoms with Crippen molar-refractivity contribution in [3.63, 3.8) is 0 Å². The van der Waals surface area contributed by atoms with Gasteiger partial charge in [-0.1, -0.05) is 20.8 Å². The Bertz CT molecular complexity index is 694. The van der Waals surface area contributed by atoms with Gasteiger partial charge in [0.05, 0.1) is 0 Å². The number of nitrogens with one attached hydrogen (secondary N) is 1. The summed E-state index contributed by atoms with van der Waals surface area (Å²) in [5.41, 5.74) is -2.44. The lowest BCUT2D eigenvalue weighted by Gasteiger charge is -2.37. The fourth-order valence-corrected chi connectivity index (χ4v) is 4.04. The van der Waals surface area contributed by atoms with Crippen molar-refractivity contribution in [3.8, 4) is 0 Å². The monoisotopic (exact) mass is 303 g/mol. The van der Waals surface area contributed by atoms with Gasteiger partial charge in [0.1, 0.15) is 11.2 Å². The lowest BCUT2D eigenvalue weighted by atomic mass is 9.64. The van der Waals surface area contributed by atoms with E-state index in [1.807, 2.05) is 13.8 Å². The number of anilines is 1. The maximum absolute atomic E-state index is 12.9. The zero-order valence-electron chi connectivity index (χ0n) is 12.8. The highest BCUT2D eigenvalue weighted by Gasteiger charge is 2.77. The van der Waals surface area contributed by atoms with E-state index in [4.69, 9.17) is 0 Å². The molecule has 116 valence electrons. The Morgan fingerprint density at radius 3 is 2.14 bits per heavy atom. The van der Waals surface area contributed by atoms with E-state index < -0.39 is 39.5 Å². The number of ketones is 2. The highest BCUT2D eigenvalue weighted by Crippen LogP contribution is 2.69. The van der Waals surface area contributed by atoms with Gasteiger partial charge < -0.3 is 5.32 Å². The lowest BCUT2D eigenvalue weighted by molar-refractivity contribution is -0.147. The molecule has 0 saturated heterocycles. The van der Waals surface area contributed by atoms with E-state index in [0.29, 0.717) is 18.5 Å². The van der Waals surface area contributed by atoms with Crippen LogP contribution in [0, 0.1) is 22.1 Å². The number of hydrogen-bond donors (Lipinski definition) is 1. The fraction of sp³-hybridized carbons (Fsp3) is 0.471. The van der Waals surface area contributed by atoms with Crippen LogP contribution in [0.4, 0.5) is 10.1 Å². The van der Waals surface area contributed by atoms with E-state index in [-0.39, 0.29) is 0 Å². The quantitative estimate of drug-likeness (QED) is 0.675. The van der Waals surface area contributed by atoms with E-state index in [9.17, 15) is 18.8 Å². The Kier molecular flexibility index (Phi) is 2.87. The van der Waals surface area contributed by atoms with Crippen molar-refractivity contribution < 1.29 is 18.8 Å². The number of fused-ring (bicyclic) bond motifs is 2. The van der Waals surface area contributed by atoms with Crippen LogP contribution in [-0.4, -0.2) is 17.5 Å². The van der Waals surface area contributed by atoms with Crippen LogP contribution in [-0.2, 0) is 14.4 Å². The topological polar surface area (TPSA) is 63.2 Å². The van der Waals surface area contributed by atoms with Gasteiger partial charge >= 0.3 is 0 Å². The molecule has 0 radical (unpaired) electrons.